The molecule has 0 saturated carbocycles. The van der Waals surface area contributed by atoms with Crippen LogP contribution in [0.15, 0.2) is 53.4 Å². The molecule has 0 bridgehead atoms. The van der Waals surface area contributed by atoms with Crippen LogP contribution in [0.2, 0.25) is 0 Å². The molecule has 0 saturated heterocycles. The third-order valence-corrected chi connectivity index (χ3v) is 5.07. The number of Topliss-reactive ketones (excluding diaryl/α,β-unsaturated/α-hetero) is 1. The first-order chi connectivity index (χ1) is 11.8. The predicted octanol–water partition coefficient (Wildman–Crippen LogP) is 2.50. The molecule has 2 aromatic rings. The minimum Gasteiger partial charge on any atom is -0.326 e. The molecule has 0 atom stereocenters. The van der Waals surface area contributed by atoms with Gasteiger partial charge in [-0.1, -0.05) is 30.3 Å². The van der Waals surface area contributed by atoms with Crippen molar-refractivity contribution < 1.29 is 18.0 Å². The van der Waals surface area contributed by atoms with E-state index in [0.29, 0.717) is 11.3 Å². The largest absolute Gasteiger partial charge is 0.326 e. The van der Waals surface area contributed by atoms with Gasteiger partial charge in [-0.25, -0.2) is 13.1 Å². The van der Waals surface area contributed by atoms with Crippen LogP contribution in [0.25, 0.3) is 0 Å². The minimum absolute atomic E-state index is 0.0000364. The van der Waals surface area contributed by atoms with Crippen molar-refractivity contribution in [2.45, 2.75) is 25.2 Å². The monoisotopic (exact) mass is 360 g/mol. The van der Waals surface area contributed by atoms with E-state index in [-0.39, 0.29) is 29.6 Å². The van der Waals surface area contributed by atoms with E-state index >= 15 is 0 Å². The Hall–Kier alpha value is -2.51. The van der Waals surface area contributed by atoms with E-state index in [1.807, 2.05) is 25.1 Å². The van der Waals surface area contributed by atoms with Gasteiger partial charge in [0, 0.05) is 24.2 Å². The average molecular weight is 360 g/mol. The normalized spacial score (nSPS) is 11.1. The summed E-state index contributed by atoms with van der Waals surface area (Å²) in [4.78, 5) is 23.3. The van der Waals surface area contributed by atoms with Gasteiger partial charge in [-0.3, -0.25) is 9.59 Å². The van der Waals surface area contributed by atoms with Gasteiger partial charge in [0.2, 0.25) is 15.9 Å². The Balaban J connectivity index is 1.94. The first-order valence-electron chi connectivity index (χ1n) is 7.76. The van der Waals surface area contributed by atoms with Crippen LogP contribution >= 0.6 is 0 Å². The van der Waals surface area contributed by atoms with Crippen LogP contribution in [-0.4, -0.2) is 26.7 Å². The number of anilines is 1. The standard InChI is InChI=1S/C18H20N2O4S/c1-13-6-3-4-9-17(13)20-18(22)10-11-19-25(23,24)16-8-5-7-15(12-16)14(2)21/h3-9,12,19H,10-11H2,1-2H3,(H,20,22). The van der Waals surface area contributed by atoms with E-state index in [9.17, 15) is 18.0 Å². The number of sulfonamides is 1. The fourth-order valence-corrected chi connectivity index (χ4v) is 3.27. The number of rotatable bonds is 7. The molecule has 0 spiro atoms. The average Bonchev–Trinajstić information content (AvgIpc) is 2.57. The molecule has 2 N–H and O–H groups in total. The van der Waals surface area contributed by atoms with Crippen LogP contribution < -0.4 is 10.0 Å². The number of benzene rings is 2. The number of nitrogens with one attached hydrogen (secondary N) is 2. The highest BCUT2D eigenvalue weighted by Crippen LogP contribution is 2.14. The van der Waals surface area contributed by atoms with Crippen LogP contribution in [0.1, 0.15) is 29.3 Å². The van der Waals surface area contributed by atoms with Crippen LogP contribution in [-0.2, 0) is 14.8 Å². The van der Waals surface area contributed by atoms with Crippen LogP contribution in [0.4, 0.5) is 5.69 Å². The van der Waals surface area contributed by atoms with Gasteiger partial charge >= 0.3 is 0 Å². The fourth-order valence-electron chi connectivity index (χ4n) is 2.19. The Morgan fingerprint density at radius 2 is 1.76 bits per heavy atom. The molecule has 0 aliphatic rings. The second-order valence-corrected chi connectivity index (χ2v) is 7.36. The van der Waals surface area contributed by atoms with E-state index in [0.717, 1.165) is 5.56 Å². The summed E-state index contributed by atoms with van der Waals surface area (Å²) >= 11 is 0. The number of hydrogen-bond donors (Lipinski definition) is 2. The first-order valence-corrected chi connectivity index (χ1v) is 9.24. The molecule has 0 fully saturated rings. The molecule has 0 radical (unpaired) electrons. The van der Waals surface area contributed by atoms with E-state index in [1.54, 1.807) is 12.1 Å². The maximum atomic E-state index is 12.2. The number of carbonyl (C=O) groups is 2. The molecule has 6 nitrogen and oxygen atoms in total. The minimum atomic E-state index is -3.78. The van der Waals surface area contributed by atoms with Crippen molar-refractivity contribution in [1.82, 2.24) is 4.72 Å². The van der Waals surface area contributed by atoms with Gasteiger partial charge in [-0.15, -0.1) is 0 Å². The van der Waals surface area contributed by atoms with Crippen molar-refractivity contribution in [3.05, 3.63) is 59.7 Å². The molecule has 0 aliphatic heterocycles. The third-order valence-electron chi connectivity index (χ3n) is 3.61. The van der Waals surface area contributed by atoms with Crippen LogP contribution in [0, 0.1) is 6.92 Å². The third kappa shape index (κ3) is 5.23. The van der Waals surface area contributed by atoms with Gasteiger partial charge in [0.25, 0.3) is 0 Å². The molecule has 0 heterocycles. The molecule has 132 valence electrons. The Bertz CT molecular complexity index is 891. The number of hydrogen-bond acceptors (Lipinski definition) is 4. The van der Waals surface area contributed by atoms with Gasteiger partial charge in [0.1, 0.15) is 0 Å². The highest BCUT2D eigenvalue weighted by Gasteiger charge is 2.15. The molecular formula is C18H20N2O4S. The highest BCUT2D eigenvalue weighted by molar-refractivity contribution is 7.89. The van der Waals surface area contributed by atoms with Crippen LogP contribution in [0.3, 0.4) is 0 Å². The summed E-state index contributed by atoms with van der Waals surface area (Å²) in [5.41, 5.74) is 1.95. The maximum absolute atomic E-state index is 12.2. The molecule has 2 rings (SSSR count). The zero-order valence-corrected chi connectivity index (χ0v) is 14.9. The van der Waals surface area contributed by atoms with Gasteiger partial charge in [0.15, 0.2) is 5.78 Å². The number of aryl methyl sites for hydroxylation is 1. The maximum Gasteiger partial charge on any atom is 0.240 e. The molecule has 25 heavy (non-hydrogen) atoms. The molecule has 2 aromatic carbocycles. The van der Waals surface area contributed by atoms with E-state index in [2.05, 4.69) is 10.0 Å². The van der Waals surface area contributed by atoms with E-state index in [4.69, 9.17) is 0 Å². The summed E-state index contributed by atoms with van der Waals surface area (Å²) in [5.74, 6) is -0.496. The zero-order chi connectivity index (χ0) is 18.4. The van der Waals surface area contributed by atoms with Crippen molar-refractivity contribution in [2.24, 2.45) is 0 Å². The summed E-state index contributed by atoms with van der Waals surface area (Å²) in [6.45, 7) is 3.21. The molecule has 0 aromatic heterocycles. The summed E-state index contributed by atoms with van der Waals surface area (Å²) in [6, 6.07) is 13.1. The molecule has 7 heteroatoms. The second-order valence-electron chi connectivity index (χ2n) is 5.59. The van der Waals surface area contributed by atoms with Crippen molar-refractivity contribution >= 4 is 27.4 Å². The van der Waals surface area contributed by atoms with Crippen LogP contribution in [0.5, 0.6) is 0 Å². The number of carbonyl (C=O) groups excluding carboxylic acids is 2. The fraction of sp³-hybridized carbons (Fsp3) is 0.222. The van der Waals surface area contributed by atoms with Crippen molar-refractivity contribution in [2.75, 3.05) is 11.9 Å². The lowest BCUT2D eigenvalue weighted by atomic mass is 10.2. The lowest BCUT2D eigenvalue weighted by molar-refractivity contribution is -0.116. The number of ketones is 1. The van der Waals surface area contributed by atoms with Crippen molar-refractivity contribution in [1.29, 1.82) is 0 Å². The van der Waals surface area contributed by atoms with Gasteiger partial charge in [-0.05, 0) is 37.6 Å². The van der Waals surface area contributed by atoms with Gasteiger partial charge < -0.3 is 5.32 Å². The smallest absolute Gasteiger partial charge is 0.240 e. The predicted molar refractivity (Wildman–Crippen MR) is 96.1 cm³/mol. The Kier molecular flexibility index (Phi) is 6.06. The lowest BCUT2D eigenvalue weighted by Gasteiger charge is -2.09. The quantitative estimate of drug-likeness (QED) is 0.742. The topological polar surface area (TPSA) is 92.3 Å². The van der Waals surface area contributed by atoms with Gasteiger partial charge in [0.05, 0.1) is 4.90 Å². The summed E-state index contributed by atoms with van der Waals surface area (Å²) in [6.07, 6.45) is -0.0000364. The first kappa shape index (κ1) is 18.8. The summed E-state index contributed by atoms with van der Waals surface area (Å²) < 4.78 is 26.9. The van der Waals surface area contributed by atoms with E-state index < -0.39 is 10.0 Å². The Morgan fingerprint density at radius 1 is 1.04 bits per heavy atom. The highest BCUT2D eigenvalue weighted by atomic mass is 32.2. The Labute approximate surface area is 147 Å². The zero-order valence-electron chi connectivity index (χ0n) is 14.1. The van der Waals surface area contributed by atoms with E-state index in [1.165, 1.54) is 25.1 Å². The molecule has 1 amide bonds. The number of amides is 1. The SMILES string of the molecule is CC(=O)c1cccc(S(=O)(=O)NCCC(=O)Nc2ccccc2C)c1. The summed E-state index contributed by atoms with van der Waals surface area (Å²) in [5, 5.41) is 2.74. The van der Waals surface area contributed by atoms with Gasteiger partial charge in [-0.2, -0.15) is 0 Å². The molecule has 0 aliphatic carbocycles. The Morgan fingerprint density at radius 3 is 2.44 bits per heavy atom. The lowest BCUT2D eigenvalue weighted by Crippen LogP contribution is -2.28. The molecular weight excluding hydrogens is 340 g/mol. The number of para-hydroxylation sites is 1. The molecule has 0 unspecified atom stereocenters. The van der Waals surface area contributed by atoms with Crippen molar-refractivity contribution in [3.63, 3.8) is 0 Å². The summed E-state index contributed by atoms with van der Waals surface area (Å²) in [7, 11) is -3.78. The second kappa shape index (κ2) is 8.04. The van der Waals surface area contributed by atoms with Crippen molar-refractivity contribution in [3.8, 4) is 0 Å².